The molecule has 23 heavy (non-hydrogen) atoms. The molecule has 0 bridgehead atoms. The summed E-state index contributed by atoms with van der Waals surface area (Å²) in [5, 5.41) is 0. The largest absolute Gasteiger partial charge is 0.289 e. The van der Waals surface area contributed by atoms with Crippen molar-refractivity contribution in [3.05, 3.63) is 82.9 Å². The highest BCUT2D eigenvalue weighted by atomic mass is 16.1. The molecular formula is C22H16O. The molecule has 2 aliphatic carbocycles. The van der Waals surface area contributed by atoms with E-state index in [1.54, 1.807) is 0 Å². The number of hydrogen-bond donors (Lipinski definition) is 0. The first-order valence-electron chi connectivity index (χ1n) is 8.01. The second kappa shape index (κ2) is 3.99. The van der Waals surface area contributed by atoms with E-state index in [2.05, 4.69) is 56.3 Å². The summed E-state index contributed by atoms with van der Waals surface area (Å²) in [5.74, 6) is 0.158. The second-order valence-electron chi connectivity index (χ2n) is 6.99. The lowest BCUT2D eigenvalue weighted by atomic mass is 9.81. The van der Waals surface area contributed by atoms with Gasteiger partial charge in [0.25, 0.3) is 0 Å². The minimum absolute atomic E-state index is 0.0595. The molecule has 0 heterocycles. The molecule has 5 rings (SSSR count). The third kappa shape index (κ3) is 1.45. The summed E-state index contributed by atoms with van der Waals surface area (Å²) in [5.41, 5.74) is 8.95. The lowest BCUT2D eigenvalue weighted by molar-refractivity contribution is 0.104. The predicted molar refractivity (Wildman–Crippen MR) is 92.9 cm³/mol. The summed E-state index contributed by atoms with van der Waals surface area (Å²) < 4.78 is 0. The first kappa shape index (κ1) is 12.8. The Kier molecular flexibility index (Phi) is 2.23. The monoisotopic (exact) mass is 296 g/mol. The molecule has 3 aromatic rings. The van der Waals surface area contributed by atoms with Gasteiger partial charge in [0.15, 0.2) is 5.78 Å². The van der Waals surface area contributed by atoms with Crippen LogP contribution in [0.25, 0.3) is 22.3 Å². The van der Waals surface area contributed by atoms with Gasteiger partial charge in [-0.3, -0.25) is 4.79 Å². The number of ketones is 1. The van der Waals surface area contributed by atoms with Crippen LogP contribution >= 0.6 is 0 Å². The molecule has 0 aromatic heterocycles. The Morgan fingerprint density at radius 3 is 2.04 bits per heavy atom. The molecule has 0 amide bonds. The number of rotatable bonds is 0. The summed E-state index contributed by atoms with van der Waals surface area (Å²) in [4.78, 5) is 12.8. The Bertz CT molecular complexity index is 1010. The third-order valence-electron chi connectivity index (χ3n) is 5.43. The molecule has 0 atom stereocenters. The second-order valence-corrected chi connectivity index (χ2v) is 6.99. The molecular weight excluding hydrogens is 280 g/mol. The van der Waals surface area contributed by atoms with Gasteiger partial charge in [-0.1, -0.05) is 62.4 Å². The SMILES string of the molecule is CC1(C)c2ccccc2-c2cc3c(cc21)C(=O)c1ccccc1-3. The van der Waals surface area contributed by atoms with Crippen LogP contribution in [0.2, 0.25) is 0 Å². The molecule has 1 heteroatoms. The van der Waals surface area contributed by atoms with Crippen molar-refractivity contribution in [3.63, 3.8) is 0 Å². The number of carbonyl (C=O) groups excluding carboxylic acids is 1. The zero-order valence-electron chi connectivity index (χ0n) is 13.2. The van der Waals surface area contributed by atoms with Crippen molar-refractivity contribution in [3.8, 4) is 22.3 Å². The van der Waals surface area contributed by atoms with E-state index in [9.17, 15) is 4.79 Å². The van der Waals surface area contributed by atoms with E-state index in [4.69, 9.17) is 0 Å². The van der Waals surface area contributed by atoms with Crippen molar-refractivity contribution >= 4 is 5.78 Å². The first-order valence-corrected chi connectivity index (χ1v) is 8.01. The molecule has 0 radical (unpaired) electrons. The lowest BCUT2D eigenvalue weighted by Crippen LogP contribution is -2.15. The topological polar surface area (TPSA) is 17.1 Å². The van der Waals surface area contributed by atoms with Gasteiger partial charge in [-0.05, 0) is 45.5 Å². The van der Waals surface area contributed by atoms with E-state index >= 15 is 0 Å². The molecule has 0 spiro atoms. The lowest BCUT2D eigenvalue weighted by Gasteiger charge is -2.21. The van der Waals surface area contributed by atoms with Crippen molar-refractivity contribution in [2.24, 2.45) is 0 Å². The number of carbonyl (C=O) groups is 1. The van der Waals surface area contributed by atoms with Crippen molar-refractivity contribution in [1.82, 2.24) is 0 Å². The van der Waals surface area contributed by atoms with Crippen LogP contribution in [0.1, 0.15) is 40.9 Å². The van der Waals surface area contributed by atoms with Gasteiger partial charge in [-0.15, -0.1) is 0 Å². The fraction of sp³-hybridized carbons (Fsp3) is 0.136. The first-order chi connectivity index (χ1) is 11.1. The average Bonchev–Trinajstić information content (AvgIpc) is 2.98. The molecule has 0 unspecified atom stereocenters. The fourth-order valence-corrected chi connectivity index (χ4v) is 4.22. The van der Waals surface area contributed by atoms with E-state index in [0.29, 0.717) is 0 Å². The Hall–Kier alpha value is -2.67. The summed E-state index contributed by atoms with van der Waals surface area (Å²) in [7, 11) is 0. The minimum Gasteiger partial charge on any atom is -0.289 e. The van der Waals surface area contributed by atoms with Crippen LogP contribution in [-0.4, -0.2) is 5.78 Å². The van der Waals surface area contributed by atoms with Gasteiger partial charge in [-0.25, -0.2) is 0 Å². The van der Waals surface area contributed by atoms with Gasteiger partial charge < -0.3 is 0 Å². The highest BCUT2D eigenvalue weighted by molar-refractivity contribution is 6.22. The third-order valence-corrected chi connectivity index (χ3v) is 5.43. The van der Waals surface area contributed by atoms with Gasteiger partial charge >= 0.3 is 0 Å². The summed E-state index contributed by atoms with van der Waals surface area (Å²) in [6.45, 7) is 4.49. The maximum Gasteiger partial charge on any atom is 0.194 e. The van der Waals surface area contributed by atoms with E-state index in [1.165, 1.54) is 22.3 Å². The van der Waals surface area contributed by atoms with E-state index < -0.39 is 0 Å². The highest BCUT2D eigenvalue weighted by Crippen LogP contribution is 2.51. The molecule has 3 aromatic carbocycles. The van der Waals surface area contributed by atoms with E-state index in [-0.39, 0.29) is 11.2 Å². The fourth-order valence-electron chi connectivity index (χ4n) is 4.22. The number of fused-ring (bicyclic) bond motifs is 6. The number of benzene rings is 3. The van der Waals surface area contributed by atoms with Crippen LogP contribution in [0.4, 0.5) is 0 Å². The van der Waals surface area contributed by atoms with Gasteiger partial charge in [0, 0.05) is 16.5 Å². The maximum atomic E-state index is 12.8. The standard InChI is InChI=1S/C22H16O/c1-22(2)19-10-6-5-8-14(19)17-11-16-13-7-3-4-9-15(13)21(23)18(16)12-20(17)22/h3-12H,1-2H3. The summed E-state index contributed by atoms with van der Waals surface area (Å²) in [6.07, 6.45) is 0. The molecule has 110 valence electrons. The smallest absolute Gasteiger partial charge is 0.194 e. The Morgan fingerprint density at radius 1 is 0.609 bits per heavy atom. The van der Waals surface area contributed by atoms with Crippen LogP contribution in [0.15, 0.2) is 60.7 Å². The zero-order valence-corrected chi connectivity index (χ0v) is 13.2. The zero-order chi connectivity index (χ0) is 15.8. The van der Waals surface area contributed by atoms with Crippen LogP contribution < -0.4 is 0 Å². The van der Waals surface area contributed by atoms with Gasteiger partial charge in [0.1, 0.15) is 0 Å². The molecule has 0 saturated heterocycles. The van der Waals surface area contributed by atoms with Crippen LogP contribution in [0, 0.1) is 0 Å². The Labute approximate surface area is 135 Å². The quantitative estimate of drug-likeness (QED) is 0.435. The molecule has 0 aliphatic heterocycles. The van der Waals surface area contributed by atoms with E-state index in [1.807, 2.05) is 18.2 Å². The van der Waals surface area contributed by atoms with E-state index in [0.717, 1.165) is 22.3 Å². The van der Waals surface area contributed by atoms with Crippen LogP contribution in [0.5, 0.6) is 0 Å². The molecule has 0 saturated carbocycles. The summed E-state index contributed by atoms with van der Waals surface area (Å²) >= 11 is 0. The van der Waals surface area contributed by atoms with Gasteiger partial charge in [0.05, 0.1) is 0 Å². The number of hydrogen-bond acceptors (Lipinski definition) is 1. The molecule has 0 N–H and O–H groups in total. The maximum absolute atomic E-state index is 12.8. The molecule has 0 fully saturated rings. The molecule has 1 nitrogen and oxygen atoms in total. The van der Waals surface area contributed by atoms with Gasteiger partial charge in [-0.2, -0.15) is 0 Å². The van der Waals surface area contributed by atoms with Crippen molar-refractivity contribution in [2.75, 3.05) is 0 Å². The van der Waals surface area contributed by atoms with Crippen molar-refractivity contribution in [2.45, 2.75) is 19.3 Å². The van der Waals surface area contributed by atoms with Gasteiger partial charge in [0.2, 0.25) is 0 Å². The average molecular weight is 296 g/mol. The van der Waals surface area contributed by atoms with Crippen LogP contribution in [-0.2, 0) is 5.41 Å². The Morgan fingerprint density at radius 2 is 1.26 bits per heavy atom. The highest BCUT2D eigenvalue weighted by Gasteiger charge is 2.38. The molecule has 2 aliphatic rings. The van der Waals surface area contributed by atoms with Crippen molar-refractivity contribution in [1.29, 1.82) is 0 Å². The predicted octanol–water partition coefficient (Wildman–Crippen LogP) is 5.20. The van der Waals surface area contributed by atoms with Crippen molar-refractivity contribution < 1.29 is 4.79 Å². The summed E-state index contributed by atoms with van der Waals surface area (Å²) in [6, 6.07) is 20.9. The normalized spacial score (nSPS) is 15.8. The minimum atomic E-state index is -0.0595. The Balaban J connectivity index is 1.87. The van der Waals surface area contributed by atoms with Crippen LogP contribution in [0.3, 0.4) is 0 Å².